The predicted molar refractivity (Wildman–Crippen MR) is 80.7 cm³/mol. The van der Waals surface area contributed by atoms with Crippen LogP contribution in [-0.4, -0.2) is 18.6 Å². The molecule has 1 N–H and O–H groups in total. The Morgan fingerprint density at radius 2 is 2.26 bits per heavy atom. The van der Waals surface area contributed by atoms with E-state index in [-0.39, 0.29) is 0 Å². The van der Waals surface area contributed by atoms with Crippen molar-refractivity contribution >= 4 is 22.9 Å². The zero-order valence-corrected chi connectivity index (χ0v) is 12.6. The molecule has 0 unspecified atom stereocenters. The second-order valence-electron chi connectivity index (χ2n) is 4.11. The molecule has 1 heterocycles. The lowest BCUT2D eigenvalue weighted by molar-refractivity contribution is 0.181. The number of benzene rings is 1. The standard InChI is InChI=1S/C14H17ClN2OS/c1-3-16-8-13-12(9-18-2)17-14(19-13)10-5-4-6-11(15)7-10/h4-7,16H,3,8-9H2,1-2H3. The van der Waals surface area contributed by atoms with Gasteiger partial charge in [0.1, 0.15) is 5.01 Å². The van der Waals surface area contributed by atoms with Crippen molar-refractivity contribution in [2.75, 3.05) is 13.7 Å². The minimum atomic E-state index is 0.539. The van der Waals surface area contributed by atoms with E-state index in [1.165, 1.54) is 4.88 Å². The van der Waals surface area contributed by atoms with Crippen LogP contribution in [0.25, 0.3) is 10.6 Å². The van der Waals surface area contributed by atoms with E-state index in [4.69, 9.17) is 16.3 Å². The molecule has 0 bridgehead atoms. The summed E-state index contributed by atoms with van der Waals surface area (Å²) in [7, 11) is 1.69. The average Bonchev–Trinajstić information content (AvgIpc) is 2.80. The van der Waals surface area contributed by atoms with Crippen molar-refractivity contribution < 1.29 is 4.74 Å². The second-order valence-corrected chi connectivity index (χ2v) is 5.63. The van der Waals surface area contributed by atoms with Gasteiger partial charge in [-0.1, -0.05) is 30.7 Å². The van der Waals surface area contributed by atoms with Crippen molar-refractivity contribution in [3.63, 3.8) is 0 Å². The van der Waals surface area contributed by atoms with E-state index in [0.29, 0.717) is 6.61 Å². The highest BCUT2D eigenvalue weighted by Gasteiger charge is 2.12. The van der Waals surface area contributed by atoms with E-state index in [9.17, 15) is 0 Å². The Bertz CT molecular complexity index is 542. The molecule has 2 aromatic rings. The first kappa shape index (κ1) is 14.5. The van der Waals surface area contributed by atoms with E-state index in [2.05, 4.69) is 17.2 Å². The van der Waals surface area contributed by atoms with Gasteiger partial charge in [-0.3, -0.25) is 0 Å². The Morgan fingerprint density at radius 1 is 1.42 bits per heavy atom. The second kappa shape index (κ2) is 7.01. The summed E-state index contributed by atoms with van der Waals surface area (Å²) in [5.41, 5.74) is 2.06. The molecule has 0 atom stereocenters. The van der Waals surface area contributed by atoms with Gasteiger partial charge in [0.2, 0.25) is 0 Å². The number of methoxy groups -OCH3 is 1. The molecule has 1 aromatic heterocycles. The van der Waals surface area contributed by atoms with E-state index in [0.717, 1.165) is 34.4 Å². The van der Waals surface area contributed by atoms with Crippen LogP contribution in [0.15, 0.2) is 24.3 Å². The maximum absolute atomic E-state index is 6.03. The van der Waals surface area contributed by atoms with Gasteiger partial charge in [-0.05, 0) is 18.7 Å². The van der Waals surface area contributed by atoms with Gasteiger partial charge in [-0.15, -0.1) is 11.3 Å². The quantitative estimate of drug-likeness (QED) is 0.882. The number of hydrogen-bond acceptors (Lipinski definition) is 4. The number of nitrogens with zero attached hydrogens (tertiary/aromatic N) is 1. The zero-order chi connectivity index (χ0) is 13.7. The third-order valence-corrected chi connectivity index (χ3v) is 4.05. The lowest BCUT2D eigenvalue weighted by Crippen LogP contribution is -2.12. The first-order chi connectivity index (χ1) is 9.24. The number of aromatic nitrogens is 1. The molecule has 0 saturated heterocycles. The Balaban J connectivity index is 2.30. The number of ether oxygens (including phenoxy) is 1. The summed E-state index contributed by atoms with van der Waals surface area (Å²) < 4.78 is 5.21. The van der Waals surface area contributed by atoms with Crippen LogP contribution in [0.3, 0.4) is 0 Å². The highest BCUT2D eigenvalue weighted by Crippen LogP contribution is 2.30. The van der Waals surface area contributed by atoms with Gasteiger partial charge < -0.3 is 10.1 Å². The minimum absolute atomic E-state index is 0.539. The third kappa shape index (κ3) is 3.76. The first-order valence-electron chi connectivity index (χ1n) is 6.18. The molecule has 5 heteroatoms. The van der Waals surface area contributed by atoms with Gasteiger partial charge in [0, 0.05) is 29.1 Å². The molecule has 0 aliphatic rings. The smallest absolute Gasteiger partial charge is 0.124 e. The lowest BCUT2D eigenvalue weighted by atomic mass is 10.2. The fraction of sp³-hybridized carbons (Fsp3) is 0.357. The molecule has 0 radical (unpaired) electrons. The lowest BCUT2D eigenvalue weighted by Gasteiger charge is -2.00. The molecular formula is C14H17ClN2OS. The first-order valence-corrected chi connectivity index (χ1v) is 7.38. The summed E-state index contributed by atoms with van der Waals surface area (Å²) in [6.07, 6.45) is 0. The Kier molecular flexibility index (Phi) is 5.34. The summed E-state index contributed by atoms with van der Waals surface area (Å²) in [4.78, 5) is 5.88. The van der Waals surface area contributed by atoms with E-state index >= 15 is 0 Å². The summed E-state index contributed by atoms with van der Waals surface area (Å²) in [5.74, 6) is 0. The van der Waals surface area contributed by atoms with Crippen LogP contribution >= 0.6 is 22.9 Å². The van der Waals surface area contributed by atoms with Crippen LogP contribution in [0, 0.1) is 0 Å². The molecular weight excluding hydrogens is 280 g/mol. The largest absolute Gasteiger partial charge is 0.378 e. The van der Waals surface area contributed by atoms with E-state index in [1.54, 1.807) is 18.4 Å². The van der Waals surface area contributed by atoms with Crippen LogP contribution < -0.4 is 5.32 Å². The fourth-order valence-corrected chi connectivity index (χ4v) is 2.98. The molecule has 0 saturated carbocycles. The number of nitrogens with one attached hydrogen (secondary N) is 1. The molecule has 19 heavy (non-hydrogen) atoms. The van der Waals surface area contributed by atoms with E-state index in [1.807, 2.05) is 24.3 Å². The number of halogens is 1. The number of hydrogen-bond donors (Lipinski definition) is 1. The molecule has 0 aliphatic heterocycles. The summed E-state index contributed by atoms with van der Waals surface area (Å²) in [6, 6.07) is 7.78. The average molecular weight is 297 g/mol. The van der Waals surface area contributed by atoms with Gasteiger partial charge in [0.05, 0.1) is 12.3 Å². The van der Waals surface area contributed by atoms with Crippen molar-refractivity contribution in [2.24, 2.45) is 0 Å². The van der Waals surface area contributed by atoms with Crippen molar-refractivity contribution in [1.29, 1.82) is 0 Å². The molecule has 0 fully saturated rings. The molecule has 0 spiro atoms. The van der Waals surface area contributed by atoms with Gasteiger partial charge in [-0.2, -0.15) is 0 Å². The van der Waals surface area contributed by atoms with Crippen molar-refractivity contribution in [3.05, 3.63) is 39.9 Å². The normalized spacial score (nSPS) is 10.9. The molecule has 0 amide bonds. The van der Waals surface area contributed by atoms with Gasteiger partial charge >= 0.3 is 0 Å². The van der Waals surface area contributed by atoms with Gasteiger partial charge in [-0.25, -0.2) is 4.98 Å². The highest BCUT2D eigenvalue weighted by atomic mass is 35.5. The monoisotopic (exact) mass is 296 g/mol. The molecule has 102 valence electrons. The summed E-state index contributed by atoms with van der Waals surface area (Å²) >= 11 is 7.71. The minimum Gasteiger partial charge on any atom is -0.378 e. The zero-order valence-electron chi connectivity index (χ0n) is 11.1. The molecule has 0 aliphatic carbocycles. The topological polar surface area (TPSA) is 34.2 Å². The van der Waals surface area contributed by atoms with Crippen molar-refractivity contribution in [2.45, 2.75) is 20.1 Å². The summed E-state index contributed by atoms with van der Waals surface area (Å²) in [6.45, 7) is 4.40. The highest BCUT2D eigenvalue weighted by molar-refractivity contribution is 7.15. The third-order valence-electron chi connectivity index (χ3n) is 2.67. The number of rotatable bonds is 6. The van der Waals surface area contributed by atoms with E-state index < -0.39 is 0 Å². The van der Waals surface area contributed by atoms with Crippen LogP contribution in [0.4, 0.5) is 0 Å². The van der Waals surface area contributed by atoms with Crippen LogP contribution in [0.1, 0.15) is 17.5 Å². The number of thiazole rings is 1. The van der Waals surface area contributed by atoms with Crippen LogP contribution in [-0.2, 0) is 17.9 Å². The molecule has 2 rings (SSSR count). The Labute approximate surface area is 122 Å². The van der Waals surface area contributed by atoms with Crippen molar-refractivity contribution in [3.8, 4) is 10.6 Å². The predicted octanol–water partition coefficient (Wildman–Crippen LogP) is 3.72. The SMILES string of the molecule is CCNCc1sc(-c2cccc(Cl)c2)nc1COC. The molecule has 3 nitrogen and oxygen atoms in total. The van der Waals surface area contributed by atoms with Crippen molar-refractivity contribution in [1.82, 2.24) is 10.3 Å². The Morgan fingerprint density at radius 3 is 2.95 bits per heavy atom. The van der Waals surface area contributed by atoms with Gasteiger partial charge in [0.25, 0.3) is 0 Å². The fourth-order valence-electron chi connectivity index (χ4n) is 1.75. The Hall–Kier alpha value is -0.940. The maximum atomic E-state index is 6.03. The molecule has 1 aromatic carbocycles. The van der Waals surface area contributed by atoms with Gasteiger partial charge in [0.15, 0.2) is 0 Å². The van der Waals surface area contributed by atoms with Crippen LogP contribution in [0.5, 0.6) is 0 Å². The summed E-state index contributed by atoms with van der Waals surface area (Å²) in [5, 5.41) is 5.05. The van der Waals surface area contributed by atoms with Crippen LogP contribution in [0.2, 0.25) is 5.02 Å². The maximum Gasteiger partial charge on any atom is 0.124 e.